The summed E-state index contributed by atoms with van der Waals surface area (Å²) in [6.07, 6.45) is 1.64. The van der Waals surface area contributed by atoms with E-state index in [4.69, 9.17) is 14.4 Å². The van der Waals surface area contributed by atoms with E-state index in [1.165, 1.54) is 0 Å². The van der Waals surface area contributed by atoms with Gasteiger partial charge in [-0.3, -0.25) is 0 Å². The van der Waals surface area contributed by atoms with Gasteiger partial charge in [0.05, 0.1) is 0 Å². The quantitative estimate of drug-likeness (QED) is 0.311. The van der Waals surface area contributed by atoms with Crippen LogP contribution in [0, 0.1) is 0 Å². The van der Waals surface area contributed by atoms with Crippen LogP contribution < -0.4 is 0 Å². The summed E-state index contributed by atoms with van der Waals surface area (Å²) in [4.78, 5) is 2.94. The van der Waals surface area contributed by atoms with Gasteiger partial charge in [0, 0.05) is 23.4 Å². The molecule has 0 fully saturated rings. The summed E-state index contributed by atoms with van der Waals surface area (Å²) in [5, 5.41) is 3.83. The van der Waals surface area contributed by atoms with Crippen molar-refractivity contribution in [2.24, 2.45) is 5.11 Å². The molecule has 2 heterocycles. The molecule has 24 heavy (non-hydrogen) atoms. The molecule has 1 aromatic carbocycles. The first-order chi connectivity index (χ1) is 11.8. The number of benzene rings is 1. The minimum Gasteiger partial charge on any atom is -0.465 e. The molecular weight excluding hydrogens is 302 g/mol. The van der Waals surface area contributed by atoms with E-state index in [-0.39, 0.29) is 5.92 Å². The van der Waals surface area contributed by atoms with Crippen molar-refractivity contribution in [2.75, 3.05) is 0 Å². The van der Waals surface area contributed by atoms with E-state index in [2.05, 4.69) is 10.0 Å². The molecule has 0 radical (unpaired) electrons. The number of azide groups is 1. The van der Waals surface area contributed by atoms with Gasteiger partial charge in [-0.05, 0) is 35.4 Å². The van der Waals surface area contributed by atoms with E-state index >= 15 is 0 Å². The maximum absolute atomic E-state index is 8.86. The van der Waals surface area contributed by atoms with Gasteiger partial charge in [-0.15, -0.1) is 0 Å². The third-order valence-electron chi connectivity index (χ3n) is 4.03. The second kappa shape index (κ2) is 7.11. The van der Waals surface area contributed by atoms with Crippen molar-refractivity contribution in [1.29, 1.82) is 0 Å². The van der Waals surface area contributed by atoms with E-state index in [1.54, 1.807) is 6.07 Å². The van der Waals surface area contributed by atoms with Crippen molar-refractivity contribution in [3.8, 4) is 0 Å². The number of nitrogens with zero attached hydrogens (tertiary/aromatic N) is 3. The Bertz CT molecular complexity index is 830. The smallest absolute Gasteiger partial charge is 0.119 e. The molecule has 0 amide bonds. The van der Waals surface area contributed by atoms with Crippen LogP contribution >= 0.6 is 0 Å². The number of aryl methyl sites for hydroxylation is 2. The minimum absolute atomic E-state index is 0.243. The third-order valence-corrected chi connectivity index (χ3v) is 4.03. The molecule has 0 aliphatic rings. The maximum atomic E-state index is 8.86. The number of rotatable bonds is 6. The zero-order valence-corrected chi connectivity index (χ0v) is 13.8. The molecule has 3 aromatic rings. The molecule has 0 aliphatic carbocycles. The van der Waals surface area contributed by atoms with Crippen LogP contribution in [0.4, 0.5) is 5.69 Å². The SMILES string of the molecule is CCc1ccc(C(c2ccc(CC)o2)c2ccccc2N=[N+]=[N-])o1. The summed E-state index contributed by atoms with van der Waals surface area (Å²) >= 11 is 0. The maximum Gasteiger partial charge on any atom is 0.119 e. The van der Waals surface area contributed by atoms with E-state index in [9.17, 15) is 0 Å². The predicted molar refractivity (Wildman–Crippen MR) is 92.4 cm³/mol. The van der Waals surface area contributed by atoms with Crippen LogP contribution in [0.2, 0.25) is 0 Å². The van der Waals surface area contributed by atoms with Crippen molar-refractivity contribution in [2.45, 2.75) is 32.6 Å². The van der Waals surface area contributed by atoms with Crippen molar-refractivity contribution >= 4 is 5.69 Å². The molecule has 122 valence electrons. The Morgan fingerprint density at radius 1 is 0.917 bits per heavy atom. The highest BCUT2D eigenvalue weighted by molar-refractivity contribution is 5.53. The monoisotopic (exact) mass is 321 g/mol. The Kier molecular flexibility index (Phi) is 4.73. The fourth-order valence-electron chi connectivity index (χ4n) is 2.80. The zero-order valence-electron chi connectivity index (χ0n) is 13.8. The van der Waals surface area contributed by atoms with Crippen molar-refractivity contribution < 1.29 is 8.83 Å². The number of hydrogen-bond acceptors (Lipinski definition) is 3. The van der Waals surface area contributed by atoms with Crippen LogP contribution in [0.5, 0.6) is 0 Å². The fourth-order valence-corrected chi connectivity index (χ4v) is 2.80. The Labute approximate surface area is 140 Å². The molecular formula is C19H19N3O2. The second-order valence-electron chi connectivity index (χ2n) is 5.50. The molecule has 0 bridgehead atoms. The van der Waals surface area contributed by atoms with Crippen LogP contribution in [0.25, 0.3) is 10.4 Å². The molecule has 0 saturated carbocycles. The number of furan rings is 2. The Morgan fingerprint density at radius 3 is 2.00 bits per heavy atom. The van der Waals surface area contributed by atoms with Crippen LogP contribution in [-0.4, -0.2) is 0 Å². The topological polar surface area (TPSA) is 75.0 Å². The molecule has 0 atom stereocenters. The summed E-state index contributed by atoms with van der Waals surface area (Å²) in [6, 6.07) is 15.4. The molecule has 0 spiro atoms. The highest BCUT2D eigenvalue weighted by Gasteiger charge is 2.25. The summed E-state index contributed by atoms with van der Waals surface area (Å²) in [7, 11) is 0. The summed E-state index contributed by atoms with van der Waals surface area (Å²) in [6.45, 7) is 4.10. The standard InChI is InChI=1S/C19H19N3O2/c1-3-13-9-11-17(23-13)19(18-12-10-14(4-2)24-18)15-7-5-6-8-16(15)21-22-20/h5-12,19H,3-4H2,1-2H3. The first-order valence-electron chi connectivity index (χ1n) is 8.08. The molecule has 5 nitrogen and oxygen atoms in total. The van der Waals surface area contributed by atoms with Crippen LogP contribution in [0.3, 0.4) is 0 Å². The van der Waals surface area contributed by atoms with Gasteiger partial charge in [0.2, 0.25) is 0 Å². The van der Waals surface area contributed by atoms with Gasteiger partial charge in [-0.1, -0.05) is 43.2 Å². The molecule has 0 N–H and O–H groups in total. The van der Waals surface area contributed by atoms with Gasteiger partial charge in [0.15, 0.2) is 0 Å². The first-order valence-corrected chi connectivity index (χ1v) is 8.08. The van der Waals surface area contributed by atoms with Crippen LogP contribution in [-0.2, 0) is 12.8 Å². The van der Waals surface area contributed by atoms with Crippen molar-refractivity contribution in [1.82, 2.24) is 0 Å². The second-order valence-corrected chi connectivity index (χ2v) is 5.50. The first kappa shape index (κ1) is 16.0. The molecule has 5 heteroatoms. The highest BCUT2D eigenvalue weighted by Crippen LogP contribution is 2.38. The lowest BCUT2D eigenvalue weighted by Crippen LogP contribution is -2.01. The van der Waals surface area contributed by atoms with Crippen molar-refractivity contribution in [3.63, 3.8) is 0 Å². The molecule has 0 aliphatic heterocycles. The average Bonchev–Trinajstić information content (AvgIpc) is 3.27. The largest absolute Gasteiger partial charge is 0.465 e. The van der Waals surface area contributed by atoms with Crippen LogP contribution in [0.15, 0.2) is 62.5 Å². The lowest BCUT2D eigenvalue weighted by Gasteiger charge is -2.15. The minimum atomic E-state index is -0.243. The lowest BCUT2D eigenvalue weighted by atomic mass is 9.92. The van der Waals surface area contributed by atoms with E-state index in [0.29, 0.717) is 5.69 Å². The van der Waals surface area contributed by atoms with Gasteiger partial charge in [-0.25, -0.2) is 0 Å². The third kappa shape index (κ3) is 3.07. The Morgan fingerprint density at radius 2 is 1.50 bits per heavy atom. The lowest BCUT2D eigenvalue weighted by molar-refractivity contribution is 0.417. The summed E-state index contributed by atoms with van der Waals surface area (Å²) in [5.74, 6) is 3.15. The molecule has 3 rings (SSSR count). The Balaban J connectivity index is 2.16. The van der Waals surface area contributed by atoms with Gasteiger partial charge in [0.1, 0.15) is 29.0 Å². The van der Waals surface area contributed by atoms with E-state index < -0.39 is 0 Å². The number of hydrogen-bond donors (Lipinski definition) is 0. The summed E-state index contributed by atoms with van der Waals surface area (Å²) < 4.78 is 12.0. The highest BCUT2D eigenvalue weighted by atomic mass is 16.4. The average molecular weight is 321 g/mol. The predicted octanol–water partition coefficient (Wildman–Crippen LogP) is 6.12. The van der Waals surface area contributed by atoms with E-state index in [1.807, 2.05) is 56.3 Å². The fraction of sp³-hybridized carbons (Fsp3) is 0.263. The zero-order chi connectivity index (χ0) is 16.9. The Hall–Kier alpha value is -2.91. The van der Waals surface area contributed by atoms with Gasteiger partial charge >= 0.3 is 0 Å². The van der Waals surface area contributed by atoms with Gasteiger partial charge < -0.3 is 8.83 Å². The molecule has 0 unspecified atom stereocenters. The van der Waals surface area contributed by atoms with Crippen LogP contribution in [0.1, 0.15) is 48.4 Å². The van der Waals surface area contributed by atoms with E-state index in [0.717, 1.165) is 41.4 Å². The van der Waals surface area contributed by atoms with Gasteiger partial charge in [-0.2, -0.15) is 0 Å². The molecule has 0 saturated heterocycles. The van der Waals surface area contributed by atoms with Crippen molar-refractivity contribution in [3.05, 3.63) is 87.6 Å². The molecule has 2 aromatic heterocycles. The normalized spacial score (nSPS) is 10.8. The summed E-state index contributed by atoms with van der Waals surface area (Å²) in [5.41, 5.74) is 10.3. The van der Waals surface area contributed by atoms with Gasteiger partial charge in [0.25, 0.3) is 0 Å².